The van der Waals surface area contributed by atoms with Gasteiger partial charge in [-0.3, -0.25) is 0 Å². The predicted molar refractivity (Wildman–Crippen MR) is 56.9 cm³/mol. The summed E-state index contributed by atoms with van der Waals surface area (Å²) in [6.07, 6.45) is 3.54. The van der Waals surface area contributed by atoms with Crippen molar-refractivity contribution >= 4 is 13.3 Å². The van der Waals surface area contributed by atoms with Gasteiger partial charge in [0.05, 0.1) is 0 Å². The van der Waals surface area contributed by atoms with Gasteiger partial charge in [-0.2, -0.15) is 0 Å². The van der Waals surface area contributed by atoms with Crippen molar-refractivity contribution in [1.29, 1.82) is 0 Å². The molecule has 0 saturated carbocycles. The van der Waals surface area contributed by atoms with Crippen LogP contribution in [0.15, 0.2) is 36.4 Å². The molecule has 0 bridgehead atoms. The molecule has 1 aromatic carbocycles. The van der Waals surface area contributed by atoms with Gasteiger partial charge >= 0.3 is 8.03 Å². The average molecular weight is 208 g/mol. The van der Waals surface area contributed by atoms with E-state index in [2.05, 4.69) is 0 Å². The van der Waals surface area contributed by atoms with Gasteiger partial charge in [0.1, 0.15) is 0 Å². The van der Waals surface area contributed by atoms with Crippen LogP contribution in [0.3, 0.4) is 0 Å². The lowest BCUT2D eigenvalue weighted by Crippen LogP contribution is -1.89. The second kappa shape index (κ2) is 5.69. The van der Waals surface area contributed by atoms with Crippen LogP contribution in [0, 0.1) is 0 Å². The first kappa shape index (κ1) is 11.1. The van der Waals surface area contributed by atoms with E-state index in [1.165, 1.54) is 0 Å². The highest BCUT2D eigenvalue weighted by Gasteiger charge is 2.13. The minimum Gasteiger partial charge on any atom is -0.591 e. The van der Waals surface area contributed by atoms with Crippen molar-refractivity contribution in [2.24, 2.45) is 0 Å². The van der Waals surface area contributed by atoms with E-state index in [0.29, 0.717) is 5.31 Å². The van der Waals surface area contributed by atoms with Crippen LogP contribution in [-0.2, 0) is 4.57 Å². The van der Waals surface area contributed by atoms with Gasteiger partial charge in [-0.25, -0.2) is 0 Å². The zero-order valence-corrected chi connectivity index (χ0v) is 9.04. The van der Waals surface area contributed by atoms with Crippen LogP contribution < -0.4 is 4.89 Å². The second-order valence-electron chi connectivity index (χ2n) is 3.00. The van der Waals surface area contributed by atoms with Crippen molar-refractivity contribution in [1.82, 2.24) is 0 Å². The molecule has 0 fully saturated rings. The molecular weight excluding hydrogens is 195 g/mol. The van der Waals surface area contributed by atoms with E-state index in [1.807, 2.05) is 37.3 Å². The standard InChI is InChI=1S/C11H13O2P/c1-2-3-9-11(14(12)13)10-7-5-4-6-8-10/h4-9H,2-3H2,1H3. The lowest BCUT2D eigenvalue weighted by Gasteiger charge is -1.97. The third kappa shape index (κ3) is 3.06. The molecule has 0 saturated heterocycles. The van der Waals surface area contributed by atoms with Crippen molar-refractivity contribution in [3.63, 3.8) is 0 Å². The minimum absolute atomic E-state index is 0.433. The maximum absolute atomic E-state index is 11.0. The maximum atomic E-state index is 11.0. The van der Waals surface area contributed by atoms with Gasteiger partial charge in [0.2, 0.25) is 0 Å². The fourth-order valence-electron chi connectivity index (χ4n) is 1.19. The first-order valence-corrected chi connectivity index (χ1v) is 5.83. The summed E-state index contributed by atoms with van der Waals surface area (Å²) in [5.41, 5.74) is 0.775. The number of allylic oxidation sites excluding steroid dienone is 1. The lowest BCUT2D eigenvalue weighted by molar-refractivity contribution is -0.160. The number of hydrogen-bond acceptors (Lipinski definition) is 2. The van der Waals surface area contributed by atoms with E-state index in [1.54, 1.807) is 6.08 Å². The highest BCUT2D eigenvalue weighted by molar-refractivity contribution is 7.49. The molecule has 1 rings (SSSR count). The summed E-state index contributed by atoms with van der Waals surface area (Å²) in [5.74, 6) is 0. The smallest absolute Gasteiger partial charge is 0.349 e. The number of benzene rings is 1. The van der Waals surface area contributed by atoms with Crippen LogP contribution in [-0.4, -0.2) is 0 Å². The van der Waals surface area contributed by atoms with E-state index in [4.69, 9.17) is 0 Å². The van der Waals surface area contributed by atoms with Gasteiger partial charge in [0.15, 0.2) is 5.31 Å². The molecule has 0 radical (unpaired) electrons. The lowest BCUT2D eigenvalue weighted by atomic mass is 10.2. The molecule has 14 heavy (non-hydrogen) atoms. The van der Waals surface area contributed by atoms with Crippen molar-refractivity contribution in [3.8, 4) is 0 Å². The van der Waals surface area contributed by atoms with E-state index in [9.17, 15) is 9.46 Å². The molecule has 0 aliphatic rings. The molecule has 0 aliphatic heterocycles. The Kier molecular flexibility index (Phi) is 4.51. The summed E-state index contributed by atoms with van der Waals surface area (Å²) in [5, 5.41) is 0.433. The van der Waals surface area contributed by atoms with Crippen molar-refractivity contribution in [3.05, 3.63) is 42.0 Å². The number of unbranched alkanes of at least 4 members (excludes halogenated alkanes) is 1. The zero-order chi connectivity index (χ0) is 10.4. The van der Waals surface area contributed by atoms with Gasteiger partial charge in [-0.15, -0.1) is 0 Å². The van der Waals surface area contributed by atoms with E-state index in [-0.39, 0.29) is 0 Å². The molecule has 0 spiro atoms. The highest BCUT2D eigenvalue weighted by Crippen LogP contribution is 2.33. The molecule has 1 aromatic rings. The Hall–Kier alpha value is -0.980. The van der Waals surface area contributed by atoms with E-state index in [0.717, 1.165) is 18.4 Å². The monoisotopic (exact) mass is 208 g/mol. The van der Waals surface area contributed by atoms with Crippen molar-refractivity contribution < 1.29 is 9.46 Å². The largest absolute Gasteiger partial charge is 0.591 e. The summed E-state index contributed by atoms with van der Waals surface area (Å²) in [6, 6.07) is 9.18. The van der Waals surface area contributed by atoms with Gasteiger partial charge in [0, 0.05) is 5.56 Å². The molecule has 2 nitrogen and oxygen atoms in total. The molecule has 0 N–H and O–H groups in total. The zero-order valence-electron chi connectivity index (χ0n) is 8.14. The first-order valence-electron chi connectivity index (χ1n) is 4.65. The molecule has 1 atom stereocenters. The Morgan fingerprint density at radius 3 is 2.57 bits per heavy atom. The van der Waals surface area contributed by atoms with Crippen molar-refractivity contribution in [2.45, 2.75) is 19.8 Å². The molecule has 1 unspecified atom stereocenters. The number of hydrogen-bond donors (Lipinski definition) is 0. The average Bonchev–Trinajstić information content (AvgIpc) is 2.19. The molecule has 0 aromatic heterocycles. The normalized spacial score (nSPS) is 12.7. The Balaban J connectivity index is 2.95. The van der Waals surface area contributed by atoms with Gasteiger partial charge < -0.3 is 4.89 Å². The molecule has 3 heteroatoms. The fraction of sp³-hybridized carbons (Fsp3) is 0.273. The topological polar surface area (TPSA) is 40.1 Å². The molecule has 0 aliphatic carbocycles. The maximum Gasteiger partial charge on any atom is 0.349 e. The summed E-state index contributed by atoms with van der Waals surface area (Å²) in [6.45, 7) is 2.02. The minimum atomic E-state index is -2.49. The van der Waals surface area contributed by atoms with Gasteiger partial charge in [0.25, 0.3) is 0 Å². The fourth-order valence-corrected chi connectivity index (χ4v) is 1.83. The predicted octanol–water partition coefficient (Wildman–Crippen LogP) is 2.93. The Morgan fingerprint density at radius 1 is 1.43 bits per heavy atom. The van der Waals surface area contributed by atoms with Gasteiger partial charge in [-0.05, 0) is 12.5 Å². The Morgan fingerprint density at radius 2 is 2.07 bits per heavy atom. The molecule has 0 heterocycles. The highest BCUT2D eigenvalue weighted by atomic mass is 31.1. The first-order chi connectivity index (χ1) is 6.75. The Bertz CT molecular complexity index is 330. The van der Waals surface area contributed by atoms with Crippen LogP contribution in [0.1, 0.15) is 25.3 Å². The number of rotatable bonds is 4. The summed E-state index contributed by atoms with van der Waals surface area (Å²) >= 11 is 0. The SMILES string of the molecule is CCCC=C(c1ccccc1)[P+](=O)[O-]. The van der Waals surface area contributed by atoms with E-state index < -0.39 is 8.03 Å². The second-order valence-corrected chi connectivity index (χ2v) is 4.00. The molecular formula is C11H13O2P. The Labute approximate surface area is 85.2 Å². The van der Waals surface area contributed by atoms with Crippen LogP contribution in [0.2, 0.25) is 0 Å². The quantitative estimate of drug-likeness (QED) is 0.713. The third-order valence-electron chi connectivity index (χ3n) is 1.89. The van der Waals surface area contributed by atoms with Crippen molar-refractivity contribution in [2.75, 3.05) is 0 Å². The van der Waals surface area contributed by atoms with Crippen LogP contribution in [0.4, 0.5) is 0 Å². The summed E-state index contributed by atoms with van der Waals surface area (Å²) in [7, 11) is -2.49. The third-order valence-corrected chi connectivity index (χ3v) is 2.73. The summed E-state index contributed by atoms with van der Waals surface area (Å²) < 4.78 is 11.0. The summed E-state index contributed by atoms with van der Waals surface area (Å²) in [4.78, 5) is 11.0. The van der Waals surface area contributed by atoms with Crippen LogP contribution >= 0.6 is 8.03 Å². The van der Waals surface area contributed by atoms with E-state index >= 15 is 0 Å². The van der Waals surface area contributed by atoms with Gasteiger partial charge in [-0.1, -0.05) is 48.2 Å². The van der Waals surface area contributed by atoms with Crippen LogP contribution in [0.5, 0.6) is 0 Å². The van der Waals surface area contributed by atoms with Crippen LogP contribution in [0.25, 0.3) is 5.31 Å². The molecule has 0 amide bonds. The molecule has 74 valence electrons.